The van der Waals surface area contributed by atoms with Gasteiger partial charge in [-0.15, -0.1) is 0 Å². The van der Waals surface area contributed by atoms with Crippen LogP contribution in [0.25, 0.3) is 0 Å². The standard InChI is InChI=1S/C13H13ClN2O4S/c14-10-6-9(7-15)2-3-11(10)21(19,20)16-8-13(12(17)18)4-1-5-13/h2-3,6,16H,1,4-5,8H2,(H,17,18). The largest absolute Gasteiger partial charge is 0.481 e. The van der Waals surface area contributed by atoms with Crippen molar-refractivity contribution in [2.75, 3.05) is 6.54 Å². The first kappa shape index (κ1) is 15.8. The van der Waals surface area contributed by atoms with E-state index in [1.807, 2.05) is 6.07 Å². The summed E-state index contributed by atoms with van der Waals surface area (Å²) in [4.78, 5) is 11.0. The molecule has 1 aromatic rings. The van der Waals surface area contributed by atoms with Gasteiger partial charge in [0.05, 0.1) is 22.1 Å². The van der Waals surface area contributed by atoms with Gasteiger partial charge in [-0.1, -0.05) is 18.0 Å². The summed E-state index contributed by atoms with van der Waals surface area (Å²) < 4.78 is 26.7. The lowest BCUT2D eigenvalue weighted by molar-refractivity contribution is -0.153. The van der Waals surface area contributed by atoms with Gasteiger partial charge < -0.3 is 5.11 Å². The van der Waals surface area contributed by atoms with Crippen LogP contribution in [0.15, 0.2) is 23.1 Å². The van der Waals surface area contributed by atoms with Crippen LogP contribution >= 0.6 is 11.6 Å². The van der Waals surface area contributed by atoms with Crippen LogP contribution in [-0.4, -0.2) is 26.0 Å². The Kier molecular flexibility index (Phi) is 4.23. The average Bonchev–Trinajstić information content (AvgIpc) is 2.36. The summed E-state index contributed by atoms with van der Waals surface area (Å²) in [5.74, 6) is -0.998. The third-order valence-corrected chi connectivity index (χ3v) is 5.60. The first-order chi connectivity index (χ1) is 9.81. The number of nitriles is 1. The number of carboxylic acids is 1. The molecule has 0 heterocycles. The summed E-state index contributed by atoms with van der Waals surface area (Å²) in [6.07, 6.45) is 1.67. The molecule has 2 rings (SSSR count). The van der Waals surface area contributed by atoms with E-state index in [4.69, 9.17) is 16.9 Å². The van der Waals surface area contributed by atoms with E-state index in [1.54, 1.807) is 0 Å². The monoisotopic (exact) mass is 328 g/mol. The number of nitrogens with one attached hydrogen (secondary N) is 1. The van der Waals surface area contributed by atoms with Gasteiger partial charge in [0.2, 0.25) is 10.0 Å². The summed E-state index contributed by atoms with van der Waals surface area (Å²) in [7, 11) is -3.91. The van der Waals surface area contributed by atoms with E-state index in [1.165, 1.54) is 18.2 Å². The molecule has 0 saturated heterocycles. The molecule has 0 unspecified atom stereocenters. The van der Waals surface area contributed by atoms with Gasteiger partial charge in [-0.05, 0) is 31.0 Å². The molecule has 8 heteroatoms. The Bertz CT molecular complexity index is 720. The van der Waals surface area contributed by atoms with Crippen molar-refractivity contribution < 1.29 is 18.3 Å². The van der Waals surface area contributed by atoms with E-state index >= 15 is 0 Å². The number of rotatable bonds is 5. The number of carboxylic acid groups (broad SMARTS) is 1. The molecule has 0 spiro atoms. The van der Waals surface area contributed by atoms with E-state index in [0.29, 0.717) is 12.8 Å². The zero-order valence-corrected chi connectivity index (χ0v) is 12.5. The molecule has 2 N–H and O–H groups in total. The highest BCUT2D eigenvalue weighted by Crippen LogP contribution is 2.40. The minimum atomic E-state index is -3.91. The first-order valence-electron chi connectivity index (χ1n) is 6.23. The molecule has 1 saturated carbocycles. The van der Waals surface area contributed by atoms with Gasteiger partial charge in [0.1, 0.15) is 4.90 Å². The van der Waals surface area contributed by atoms with Crippen molar-refractivity contribution in [2.24, 2.45) is 5.41 Å². The van der Waals surface area contributed by atoms with Crippen LogP contribution in [0.5, 0.6) is 0 Å². The van der Waals surface area contributed by atoms with Crippen LogP contribution in [0.3, 0.4) is 0 Å². The normalized spacial score (nSPS) is 16.8. The van der Waals surface area contributed by atoms with Crippen molar-refractivity contribution in [1.82, 2.24) is 4.72 Å². The highest BCUT2D eigenvalue weighted by atomic mass is 35.5. The predicted molar refractivity (Wildman–Crippen MR) is 75.3 cm³/mol. The SMILES string of the molecule is N#Cc1ccc(S(=O)(=O)NCC2(C(=O)O)CCC2)c(Cl)c1. The Morgan fingerprint density at radius 3 is 2.57 bits per heavy atom. The number of aliphatic carboxylic acids is 1. The summed E-state index contributed by atoms with van der Waals surface area (Å²) in [5, 5.41) is 17.8. The third-order valence-electron chi connectivity index (χ3n) is 3.72. The van der Waals surface area contributed by atoms with Crippen molar-refractivity contribution in [3.05, 3.63) is 28.8 Å². The maximum atomic E-state index is 12.2. The second-order valence-corrected chi connectivity index (χ2v) is 7.16. The lowest BCUT2D eigenvalue weighted by Gasteiger charge is -2.37. The van der Waals surface area contributed by atoms with Gasteiger partial charge in [-0.2, -0.15) is 5.26 Å². The molecule has 21 heavy (non-hydrogen) atoms. The van der Waals surface area contributed by atoms with Crippen molar-refractivity contribution >= 4 is 27.6 Å². The van der Waals surface area contributed by atoms with Crippen molar-refractivity contribution in [3.63, 3.8) is 0 Å². The predicted octanol–water partition coefficient (Wildman–Crippen LogP) is 1.74. The van der Waals surface area contributed by atoms with E-state index in [2.05, 4.69) is 4.72 Å². The second kappa shape index (κ2) is 5.64. The molecule has 1 aliphatic carbocycles. The van der Waals surface area contributed by atoms with Crippen LogP contribution in [-0.2, 0) is 14.8 Å². The van der Waals surface area contributed by atoms with Crippen LogP contribution in [0, 0.1) is 16.7 Å². The van der Waals surface area contributed by atoms with Gasteiger partial charge in [-0.3, -0.25) is 4.79 Å². The summed E-state index contributed by atoms with van der Waals surface area (Å²) in [6.45, 7) is -0.166. The van der Waals surface area contributed by atoms with Gasteiger partial charge in [-0.25, -0.2) is 13.1 Å². The minimum Gasteiger partial charge on any atom is -0.481 e. The highest BCUT2D eigenvalue weighted by molar-refractivity contribution is 7.89. The quantitative estimate of drug-likeness (QED) is 0.856. The van der Waals surface area contributed by atoms with Crippen LogP contribution in [0.2, 0.25) is 5.02 Å². The van der Waals surface area contributed by atoms with Crippen molar-refractivity contribution in [2.45, 2.75) is 24.2 Å². The first-order valence-corrected chi connectivity index (χ1v) is 8.10. The number of benzene rings is 1. The van der Waals surface area contributed by atoms with Gasteiger partial charge in [0.25, 0.3) is 0 Å². The number of hydrogen-bond donors (Lipinski definition) is 2. The molecule has 1 fully saturated rings. The zero-order valence-electron chi connectivity index (χ0n) is 11.0. The van der Waals surface area contributed by atoms with Crippen LogP contribution in [0.4, 0.5) is 0 Å². The average molecular weight is 329 g/mol. The molecule has 0 aromatic heterocycles. The number of sulfonamides is 1. The van der Waals surface area contributed by atoms with E-state index in [-0.39, 0.29) is 22.0 Å². The molecule has 112 valence electrons. The fraction of sp³-hybridized carbons (Fsp3) is 0.385. The summed E-state index contributed by atoms with van der Waals surface area (Å²) in [6, 6.07) is 5.69. The number of nitrogens with zero attached hydrogens (tertiary/aromatic N) is 1. The lowest BCUT2D eigenvalue weighted by Crippen LogP contribution is -2.47. The Balaban J connectivity index is 2.20. The molecule has 0 radical (unpaired) electrons. The molecular formula is C13H13ClN2O4S. The smallest absolute Gasteiger partial charge is 0.310 e. The fourth-order valence-corrected chi connectivity index (χ4v) is 3.84. The lowest BCUT2D eigenvalue weighted by atomic mass is 9.69. The van der Waals surface area contributed by atoms with Crippen LogP contribution in [0.1, 0.15) is 24.8 Å². The third kappa shape index (κ3) is 3.02. The molecule has 0 atom stereocenters. The minimum absolute atomic E-state index is 0.0699. The van der Waals surface area contributed by atoms with Crippen LogP contribution < -0.4 is 4.72 Å². The Morgan fingerprint density at radius 1 is 1.48 bits per heavy atom. The summed E-state index contributed by atoms with van der Waals surface area (Å²) in [5.41, 5.74) is -0.772. The maximum absolute atomic E-state index is 12.2. The van der Waals surface area contributed by atoms with Crippen molar-refractivity contribution in [1.29, 1.82) is 5.26 Å². The number of carbonyl (C=O) groups is 1. The Morgan fingerprint density at radius 2 is 2.14 bits per heavy atom. The highest BCUT2D eigenvalue weighted by Gasteiger charge is 2.45. The van der Waals surface area contributed by atoms with Crippen molar-refractivity contribution in [3.8, 4) is 6.07 Å². The number of hydrogen-bond acceptors (Lipinski definition) is 4. The van der Waals surface area contributed by atoms with E-state index < -0.39 is 21.4 Å². The van der Waals surface area contributed by atoms with Gasteiger partial charge in [0.15, 0.2) is 0 Å². The molecular weight excluding hydrogens is 316 g/mol. The zero-order chi connectivity index (χ0) is 15.7. The van der Waals surface area contributed by atoms with E-state index in [0.717, 1.165) is 6.42 Å². The summed E-state index contributed by atoms with van der Waals surface area (Å²) >= 11 is 5.87. The molecule has 0 amide bonds. The van der Waals surface area contributed by atoms with Gasteiger partial charge in [0, 0.05) is 6.54 Å². The molecule has 1 aliphatic rings. The molecule has 6 nitrogen and oxygen atoms in total. The Labute approximate surface area is 127 Å². The Hall–Kier alpha value is -1.62. The molecule has 0 bridgehead atoms. The molecule has 0 aliphatic heterocycles. The number of halogens is 1. The topological polar surface area (TPSA) is 107 Å². The van der Waals surface area contributed by atoms with Gasteiger partial charge >= 0.3 is 5.97 Å². The maximum Gasteiger partial charge on any atom is 0.310 e. The molecule has 1 aromatic carbocycles. The second-order valence-electron chi connectivity index (χ2n) is 5.02. The van der Waals surface area contributed by atoms with E-state index in [9.17, 15) is 18.3 Å². The fourth-order valence-electron chi connectivity index (χ4n) is 2.17.